The summed E-state index contributed by atoms with van der Waals surface area (Å²) < 4.78 is 13.5. The number of aromatic nitrogens is 2. The van der Waals surface area contributed by atoms with Crippen LogP contribution < -0.4 is 27.0 Å². The van der Waals surface area contributed by atoms with E-state index in [0.29, 0.717) is 37.1 Å². The van der Waals surface area contributed by atoms with Crippen LogP contribution in [0.25, 0.3) is 0 Å². The molecule has 1 aromatic carbocycles. The Morgan fingerprint density at radius 3 is 2.25 bits per heavy atom. The highest BCUT2D eigenvalue weighted by atomic mass is 16.5. The minimum atomic E-state index is -1.46. The number of aliphatic hydroxyl groups excluding tert-OH is 1. The molecule has 1 aromatic heterocycles. The number of rotatable bonds is 22. The number of carbonyl (C=O) groups is 6. The Bertz CT molecular complexity index is 1530. The van der Waals surface area contributed by atoms with Crippen LogP contribution in [0, 0.1) is 11.8 Å². The highest BCUT2D eigenvalue weighted by Crippen LogP contribution is 2.21. The van der Waals surface area contributed by atoms with Gasteiger partial charge in [-0.3, -0.25) is 28.7 Å². The van der Waals surface area contributed by atoms with Crippen molar-refractivity contribution in [2.24, 2.45) is 24.6 Å². The Morgan fingerprint density at radius 2 is 1.64 bits per heavy atom. The number of aliphatic hydroxyl groups is 1. The van der Waals surface area contributed by atoms with Crippen molar-refractivity contribution < 1.29 is 48.5 Å². The fraction of sp³-hybridized carbons (Fsp3) is 0.583. The SMILES string of the molecule is CC(C)CC(COC[C@H]1CC[C@@H](CNC(=O)c2ccn(C)n2)O1)C(=O)NC(C(=O)NC(Cc1ccccc1)C(=O)NC(CCC(N)=O)C(=O)O)[C@@H](C)O. The molecule has 0 aliphatic carbocycles. The van der Waals surface area contributed by atoms with Gasteiger partial charge in [-0.15, -0.1) is 0 Å². The van der Waals surface area contributed by atoms with E-state index in [0.717, 1.165) is 0 Å². The maximum absolute atomic E-state index is 13.6. The molecule has 2 aromatic rings. The molecule has 17 nitrogen and oxygen atoms in total. The Balaban J connectivity index is 1.60. The summed E-state index contributed by atoms with van der Waals surface area (Å²) in [6, 6.07) is 6.08. The predicted molar refractivity (Wildman–Crippen MR) is 191 cm³/mol. The monoisotopic (exact) mass is 743 g/mol. The van der Waals surface area contributed by atoms with E-state index in [1.54, 1.807) is 54.3 Å². The lowest BCUT2D eigenvalue weighted by Crippen LogP contribution is -2.59. The summed E-state index contributed by atoms with van der Waals surface area (Å²) in [5.74, 6) is -5.27. The average molecular weight is 744 g/mol. The predicted octanol–water partition coefficient (Wildman–Crippen LogP) is -0.196. The first-order valence-electron chi connectivity index (χ1n) is 17.8. The number of nitrogens with one attached hydrogen (secondary N) is 4. The summed E-state index contributed by atoms with van der Waals surface area (Å²) in [6.07, 6.45) is 1.12. The number of aryl methyl sites for hydroxylation is 1. The zero-order chi connectivity index (χ0) is 39.1. The third kappa shape index (κ3) is 14.6. The number of aliphatic carboxylic acids is 1. The molecule has 1 saturated heterocycles. The van der Waals surface area contributed by atoms with Gasteiger partial charge in [0.25, 0.3) is 5.91 Å². The first kappa shape index (κ1) is 42.5. The summed E-state index contributed by atoms with van der Waals surface area (Å²) in [5, 5.41) is 34.6. The highest BCUT2D eigenvalue weighted by Gasteiger charge is 2.34. The number of primary amides is 1. The molecular weight excluding hydrogens is 690 g/mol. The van der Waals surface area contributed by atoms with Gasteiger partial charge in [-0.2, -0.15) is 5.10 Å². The minimum absolute atomic E-state index is 0.0139. The molecule has 4 unspecified atom stereocenters. The zero-order valence-electron chi connectivity index (χ0n) is 30.7. The Morgan fingerprint density at radius 1 is 0.962 bits per heavy atom. The number of hydrogen-bond acceptors (Lipinski definition) is 10. The third-order valence-electron chi connectivity index (χ3n) is 8.65. The number of nitrogens with zero attached hydrogens (tertiary/aromatic N) is 2. The lowest BCUT2D eigenvalue weighted by molar-refractivity contribution is -0.143. The van der Waals surface area contributed by atoms with Crippen molar-refractivity contribution in [1.82, 2.24) is 31.0 Å². The Hall–Kier alpha value is -4.87. The molecule has 2 heterocycles. The number of amides is 5. The number of carbonyl (C=O) groups excluding carboxylic acids is 5. The van der Waals surface area contributed by atoms with E-state index in [1.165, 1.54) is 6.92 Å². The van der Waals surface area contributed by atoms with Crippen molar-refractivity contribution >= 4 is 35.5 Å². The normalized spacial score (nSPS) is 18.3. The van der Waals surface area contributed by atoms with Crippen LogP contribution in [0.15, 0.2) is 42.6 Å². The largest absolute Gasteiger partial charge is 0.480 e. The molecule has 53 heavy (non-hydrogen) atoms. The summed E-state index contributed by atoms with van der Waals surface area (Å²) in [4.78, 5) is 75.9. The molecule has 17 heteroatoms. The maximum atomic E-state index is 13.6. The molecule has 0 spiro atoms. The molecule has 0 bridgehead atoms. The minimum Gasteiger partial charge on any atom is -0.480 e. The second-order valence-corrected chi connectivity index (χ2v) is 13.8. The van der Waals surface area contributed by atoms with E-state index >= 15 is 0 Å². The molecule has 292 valence electrons. The standard InChI is InChI=1S/C36H53N7O10/c1-21(2)16-24(19-52-20-26-11-10-25(53-26)18-38-33(47)27-14-15-43(4)42-27)32(46)41-31(22(3)44)35(49)40-29(17-23-8-6-5-7-9-23)34(48)39-28(36(50)51)12-13-30(37)45/h5-9,14-15,21-22,24-26,28-29,31,44H,10-13,16-20H2,1-4H3,(H2,37,45)(H,38,47)(H,39,48)(H,40,49)(H,41,46)(H,50,51)/t22-,24?,25+,26-,28?,29?,31?/m1/s1. The van der Waals surface area contributed by atoms with Gasteiger partial charge in [0.2, 0.25) is 23.6 Å². The molecule has 1 fully saturated rings. The van der Waals surface area contributed by atoms with E-state index < -0.39 is 59.7 Å². The summed E-state index contributed by atoms with van der Waals surface area (Å²) >= 11 is 0. The van der Waals surface area contributed by atoms with Gasteiger partial charge < -0.3 is 46.7 Å². The fourth-order valence-electron chi connectivity index (χ4n) is 5.86. The van der Waals surface area contributed by atoms with Gasteiger partial charge in [0, 0.05) is 32.6 Å². The van der Waals surface area contributed by atoms with Crippen molar-refractivity contribution in [3.63, 3.8) is 0 Å². The van der Waals surface area contributed by atoms with Crippen molar-refractivity contribution in [2.45, 2.75) is 95.7 Å². The third-order valence-corrected chi connectivity index (χ3v) is 8.65. The topological polar surface area (TPSA) is 253 Å². The molecule has 1 aliphatic rings. The van der Waals surface area contributed by atoms with Crippen molar-refractivity contribution in [3.8, 4) is 0 Å². The first-order valence-corrected chi connectivity index (χ1v) is 17.8. The van der Waals surface area contributed by atoms with E-state index in [9.17, 15) is 39.0 Å². The van der Waals surface area contributed by atoms with Crippen molar-refractivity contribution in [2.75, 3.05) is 19.8 Å². The molecular formula is C36H53N7O10. The number of carboxylic acids is 1. The van der Waals surface area contributed by atoms with Gasteiger partial charge in [-0.25, -0.2) is 4.79 Å². The summed E-state index contributed by atoms with van der Waals surface area (Å²) in [5.41, 5.74) is 6.12. The second-order valence-electron chi connectivity index (χ2n) is 13.8. The van der Waals surface area contributed by atoms with Crippen LogP contribution >= 0.6 is 0 Å². The fourth-order valence-corrected chi connectivity index (χ4v) is 5.86. The van der Waals surface area contributed by atoms with Gasteiger partial charge in [-0.1, -0.05) is 44.2 Å². The molecule has 0 saturated carbocycles. The number of carboxylic acid groups (broad SMARTS) is 1. The van der Waals surface area contributed by atoms with E-state index in [1.807, 2.05) is 13.8 Å². The van der Waals surface area contributed by atoms with Crippen molar-refractivity contribution in [1.29, 1.82) is 0 Å². The number of ether oxygens (including phenoxy) is 2. The molecule has 5 amide bonds. The first-order chi connectivity index (χ1) is 25.1. The maximum Gasteiger partial charge on any atom is 0.326 e. The van der Waals surface area contributed by atoms with Crippen LogP contribution in [0.1, 0.15) is 68.9 Å². The molecule has 3 rings (SSSR count). The average Bonchev–Trinajstić information content (AvgIpc) is 3.75. The lowest BCUT2D eigenvalue weighted by atomic mass is 9.96. The summed E-state index contributed by atoms with van der Waals surface area (Å²) in [7, 11) is 1.73. The summed E-state index contributed by atoms with van der Waals surface area (Å²) in [6.45, 7) is 5.73. The van der Waals surface area contributed by atoms with Crippen LogP contribution in [-0.4, -0.2) is 112 Å². The zero-order valence-corrected chi connectivity index (χ0v) is 30.7. The van der Waals surface area contributed by atoms with Crippen LogP contribution in [0.5, 0.6) is 0 Å². The Kier molecular flexibility index (Phi) is 16.8. The smallest absolute Gasteiger partial charge is 0.326 e. The van der Waals surface area contributed by atoms with Crippen molar-refractivity contribution in [3.05, 3.63) is 53.9 Å². The van der Waals surface area contributed by atoms with E-state index in [4.69, 9.17) is 15.2 Å². The second kappa shape index (κ2) is 21.0. The van der Waals surface area contributed by atoms with Gasteiger partial charge >= 0.3 is 5.97 Å². The molecule has 7 atom stereocenters. The van der Waals surface area contributed by atoms with Gasteiger partial charge in [0.15, 0.2) is 0 Å². The van der Waals surface area contributed by atoms with E-state index in [-0.39, 0.29) is 56.5 Å². The highest BCUT2D eigenvalue weighted by molar-refractivity contribution is 5.94. The van der Waals surface area contributed by atoms with Gasteiger partial charge in [0.05, 0.1) is 37.4 Å². The van der Waals surface area contributed by atoms with Gasteiger partial charge in [-0.05, 0) is 50.2 Å². The van der Waals surface area contributed by atoms with Crippen LogP contribution in [0.3, 0.4) is 0 Å². The number of benzene rings is 1. The number of hydrogen-bond donors (Lipinski definition) is 7. The lowest BCUT2D eigenvalue weighted by Gasteiger charge is -2.27. The van der Waals surface area contributed by atoms with Crippen LogP contribution in [-0.2, 0) is 46.9 Å². The van der Waals surface area contributed by atoms with Crippen LogP contribution in [0.4, 0.5) is 0 Å². The molecule has 0 radical (unpaired) electrons. The van der Waals surface area contributed by atoms with Gasteiger partial charge in [0.1, 0.15) is 23.8 Å². The molecule has 8 N–H and O–H groups in total. The molecule has 1 aliphatic heterocycles. The van der Waals surface area contributed by atoms with E-state index in [2.05, 4.69) is 26.4 Å². The Labute approximate surface area is 308 Å². The van der Waals surface area contributed by atoms with Crippen LogP contribution in [0.2, 0.25) is 0 Å². The number of nitrogens with two attached hydrogens (primary N) is 1. The quantitative estimate of drug-likeness (QED) is 0.0832.